The minimum atomic E-state index is -0.919. The molecule has 5 heteroatoms. The van der Waals surface area contributed by atoms with Gasteiger partial charge in [-0.15, -0.1) is 0 Å². The lowest BCUT2D eigenvalue weighted by Crippen LogP contribution is -2.12. The van der Waals surface area contributed by atoms with Crippen LogP contribution in [0.2, 0.25) is 0 Å². The molecule has 0 radical (unpaired) electrons. The van der Waals surface area contributed by atoms with Crippen LogP contribution in [0.15, 0.2) is 60.9 Å². The molecular weight excluding hydrogens is 511 g/mol. The summed E-state index contributed by atoms with van der Waals surface area (Å²) in [6.07, 6.45) is 20.8. The van der Waals surface area contributed by atoms with E-state index in [2.05, 4.69) is 23.8 Å². The summed E-state index contributed by atoms with van der Waals surface area (Å²) in [5, 5.41) is 0. The van der Waals surface area contributed by atoms with E-state index in [9.17, 15) is 4.39 Å². The quantitative estimate of drug-likeness (QED) is 0.114. The van der Waals surface area contributed by atoms with E-state index in [1.807, 2.05) is 60.9 Å². The molecule has 0 fully saturated rings. The van der Waals surface area contributed by atoms with E-state index in [1.165, 1.54) is 70.6 Å². The highest BCUT2D eigenvalue weighted by Crippen LogP contribution is 2.24. The van der Waals surface area contributed by atoms with Gasteiger partial charge in [0.25, 0.3) is 0 Å². The van der Waals surface area contributed by atoms with Gasteiger partial charge >= 0.3 is 0 Å². The molecule has 0 saturated carbocycles. The summed E-state index contributed by atoms with van der Waals surface area (Å²) in [5.41, 5.74) is 2.88. The Hall–Kier alpha value is -2.95. The smallest absolute Gasteiger partial charge is 0.159 e. The number of benzene rings is 2. The molecule has 1 unspecified atom stereocenters. The van der Waals surface area contributed by atoms with Gasteiger partial charge in [0.15, 0.2) is 5.82 Å². The Kier molecular flexibility index (Phi) is 15.9. The predicted molar refractivity (Wildman–Crippen MR) is 169 cm³/mol. The zero-order valence-electron chi connectivity index (χ0n) is 25.5. The van der Waals surface area contributed by atoms with Gasteiger partial charge in [-0.1, -0.05) is 109 Å². The number of aromatic nitrogens is 2. The fourth-order valence-corrected chi connectivity index (χ4v) is 4.91. The SMILES string of the molecule is CCCCCCCCCCCOc1ccc(-c2ncc(-c3ccc(OCC(F)CCCCCCC)cc3)cn2)cc1. The van der Waals surface area contributed by atoms with Crippen molar-refractivity contribution in [2.24, 2.45) is 0 Å². The molecule has 224 valence electrons. The topological polar surface area (TPSA) is 44.2 Å². The summed E-state index contributed by atoms with van der Waals surface area (Å²) in [4.78, 5) is 9.16. The van der Waals surface area contributed by atoms with Gasteiger partial charge in [-0.05, 0) is 54.8 Å². The van der Waals surface area contributed by atoms with Crippen LogP contribution in [0.4, 0.5) is 4.39 Å². The Bertz CT molecular complexity index is 1050. The van der Waals surface area contributed by atoms with Crippen molar-refractivity contribution in [2.45, 2.75) is 116 Å². The highest BCUT2D eigenvalue weighted by molar-refractivity contribution is 5.64. The van der Waals surface area contributed by atoms with Gasteiger partial charge in [0.05, 0.1) is 6.61 Å². The number of hydrogen-bond donors (Lipinski definition) is 0. The van der Waals surface area contributed by atoms with Crippen LogP contribution in [0.3, 0.4) is 0 Å². The van der Waals surface area contributed by atoms with E-state index >= 15 is 0 Å². The molecule has 0 bridgehead atoms. The van der Waals surface area contributed by atoms with Crippen LogP contribution in [0.25, 0.3) is 22.5 Å². The molecule has 0 aliphatic carbocycles. The summed E-state index contributed by atoms with van der Waals surface area (Å²) >= 11 is 0. The van der Waals surface area contributed by atoms with E-state index in [1.54, 1.807) is 0 Å². The first kappa shape index (κ1) is 32.6. The van der Waals surface area contributed by atoms with Crippen LogP contribution in [0.1, 0.15) is 110 Å². The highest BCUT2D eigenvalue weighted by atomic mass is 19.1. The van der Waals surface area contributed by atoms with Gasteiger partial charge in [-0.2, -0.15) is 0 Å². The molecule has 0 N–H and O–H groups in total. The molecule has 0 spiro atoms. The molecule has 2 aromatic carbocycles. The van der Waals surface area contributed by atoms with E-state index in [-0.39, 0.29) is 6.61 Å². The standard InChI is InChI=1S/C36H51FN2O2/c1-3-5-7-9-10-11-12-14-16-26-40-34-24-20-31(21-25-34)36-38-27-32(28-39-36)30-18-22-35(23-19-30)41-29-33(37)17-15-13-8-6-4-2/h18-25,27-28,33H,3-17,26,29H2,1-2H3. The van der Waals surface area contributed by atoms with Gasteiger partial charge in [0, 0.05) is 23.5 Å². The van der Waals surface area contributed by atoms with Crippen molar-refractivity contribution in [2.75, 3.05) is 13.2 Å². The second-order valence-electron chi connectivity index (χ2n) is 11.1. The summed E-state index contributed by atoms with van der Waals surface area (Å²) in [6.45, 7) is 5.32. The molecule has 3 rings (SSSR count). The van der Waals surface area contributed by atoms with Crippen LogP contribution < -0.4 is 9.47 Å². The Labute approximate surface area is 248 Å². The van der Waals surface area contributed by atoms with Crippen molar-refractivity contribution in [3.63, 3.8) is 0 Å². The maximum Gasteiger partial charge on any atom is 0.159 e. The molecule has 1 aromatic heterocycles. The first-order valence-electron chi connectivity index (χ1n) is 16.1. The predicted octanol–water partition coefficient (Wildman–Crippen LogP) is 10.8. The van der Waals surface area contributed by atoms with Crippen molar-refractivity contribution < 1.29 is 13.9 Å². The van der Waals surface area contributed by atoms with E-state index < -0.39 is 6.17 Å². The van der Waals surface area contributed by atoms with Crippen molar-refractivity contribution in [1.29, 1.82) is 0 Å². The van der Waals surface area contributed by atoms with Crippen LogP contribution in [-0.4, -0.2) is 29.4 Å². The molecule has 1 atom stereocenters. The molecule has 4 nitrogen and oxygen atoms in total. The van der Waals surface area contributed by atoms with E-state index in [0.717, 1.165) is 48.3 Å². The molecule has 41 heavy (non-hydrogen) atoms. The molecule has 1 heterocycles. The van der Waals surface area contributed by atoms with Crippen molar-refractivity contribution in [1.82, 2.24) is 9.97 Å². The Morgan fingerprint density at radius 3 is 1.63 bits per heavy atom. The summed E-state index contributed by atoms with van der Waals surface area (Å²) in [5.74, 6) is 2.25. The fourth-order valence-electron chi connectivity index (χ4n) is 4.91. The average Bonchev–Trinajstić information content (AvgIpc) is 3.01. The van der Waals surface area contributed by atoms with Gasteiger partial charge in [-0.25, -0.2) is 14.4 Å². The van der Waals surface area contributed by atoms with Crippen LogP contribution in [-0.2, 0) is 0 Å². The first-order valence-corrected chi connectivity index (χ1v) is 16.1. The van der Waals surface area contributed by atoms with E-state index in [4.69, 9.17) is 9.47 Å². The highest BCUT2D eigenvalue weighted by Gasteiger charge is 2.09. The molecular formula is C36H51FN2O2. The summed E-state index contributed by atoms with van der Waals surface area (Å²) < 4.78 is 25.7. The molecule has 0 aliphatic rings. The van der Waals surface area contributed by atoms with Gasteiger partial charge < -0.3 is 9.47 Å². The number of nitrogens with zero attached hydrogens (tertiary/aromatic N) is 2. The number of hydrogen-bond acceptors (Lipinski definition) is 4. The second kappa shape index (κ2) is 20.0. The molecule has 0 aliphatic heterocycles. The minimum Gasteiger partial charge on any atom is -0.494 e. The summed E-state index contributed by atoms with van der Waals surface area (Å²) in [6, 6.07) is 15.7. The molecule has 0 saturated heterocycles. The zero-order valence-corrected chi connectivity index (χ0v) is 25.5. The number of alkyl halides is 1. The number of unbranched alkanes of at least 4 members (excludes halogenated alkanes) is 12. The first-order chi connectivity index (χ1) is 20.2. The van der Waals surface area contributed by atoms with Crippen LogP contribution in [0.5, 0.6) is 11.5 Å². The lowest BCUT2D eigenvalue weighted by atomic mass is 10.1. The third-order valence-electron chi connectivity index (χ3n) is 7.52. The van der Waals surface area contributed by atoms with E-state index in [0.29, 0.717) is 18.0 Å². The van der Waals surface area contributed by atoms with Crippen molar-refractivity contribution >= 4 is 0 Å². The average molecular weight is 563 g/mol. The monoisotopic (exact) mass is 562 g/mol. The Balaban J connectivity index is 1.36. The molecule has 3 aromatic rings. The fraction of sp³-hybridized carbons (Fsp3) is 0.556. The zero-order chi connectivity index (χ0) is 29.0. The maximum atomic E-state index is 14.1. The third-order valence-corrected chi connectivity index (χ3v) is 7.52. The Morgan fingerprint density at radius 1 is 0.561 bits per heavy atom. The van der Waals surface area contributed by atoms with Gasteiger partial charge in [0.1, 0.15) is 24.3 Å². The van der Waals surface area contributed by atoms with Crippen LogP contribution in [0, 0.1) is 0 Å². The normalized spacial score (nSPS) is 11.9. The Morgan fingerprint density at radius 2 is 1.05 bits per heavy atom. The van der Waals surface area contributed by atoms with Crippen molar-refractivity contribution in [3.05, 3.63) is 60.9 Å². The lowest BCUT2D eigenvalue weighted by molar-refractivity contribution is 0.184. The van der Waals surface area contributed by atoms with Crippen molar-refractivity contribution in [3.8, 4) is 34.0 Å². The number of ether oxygens (including phenoxy) is 2. The largest absolute Gasteiger partial charge is 0.494 e. The maximum absolute atomic E-state index is 14.1. The lowest BCUT2D eigenvalue weighted by Gasteiger charge is -2.11. The summed E-state index contributed by atoms with van der Waals surface area (Å²) in [7, 11) is 0. The van der Waals surface area contributed by atoms with Gasteiger partial charge in [-0.3, -0.25) is 0 Å². The van der Waals surface area contributed by atoms with Crippen LogP contribution >= 0.6 is 0 Å². The third kappa shape index (κ3) is 13.1. The number of rotatable bonds is 22. The minimum absolute atomic E-state index is 0.105. The number of halogens is 1. The second-order valence-corrected chi connectivity index (χ2v) is 11.1. The molecule has 0 amide bonds. The van der Waals surface area contributed by atoms with Gasteiger partial charge in [0.2, 0.25) is 0 Å².